The Balaban J connectivity index is 2.07. The van der Waals surface area contributed by atoms with Crippen molar-refractivity contribution in [1.82, 2.24) is 0 Å². The summed E-state index contributed by atoms with van der Waals surface area (Å²) in [6.45, 7) is 0.344. The van der Waals surface area contributed by atoms with E-state index in [1.54, 1.807) is 23.5 Å². The van der Waals surface area contributed by atoms with Gasteiger partial charge in [0.05, 0.1) is 18.5 Å². The van der Waals surface area contributed by atoms with Crippen molar-refractivity contribution < 1.29 is 10.2 Å². The lowest BCUT2D eigenvalue weighted by Crippen LogP contribution is -2.09. The third kappa shape index (κ3) is 0.830. The summed E-state index contributed by atoms with van der Waals surface area (Å²) in [4.78, 5) is 1.01. The summed E-state index contributed by atoms with van der Waals surface area (Å²) in [5.41, 5.74) is 0. The molecule has 1 fully saturated rings. The Morgan fingerprint density at radius 1 is 1.60 bits per heavy atom. The summed E-state index contributed by atoms with van der Waals surface area (Å²) in [6, 6.07) is 0. The third-order valence-corrected chi connectivity index (χ3v) is 4.98. The van der Waals surface area contributed by atoms with Gasteiger partial charge in [-0.1, -0.05) is 6.08 Å². The fourth-order valence-electron chi connectivity index (χ4n) is 1.09. The van der Waals surface area contributed by atoms with Gasteiger partial charge in [0.2, 0.25) is 0 Å². The van der Waals surface area contributed by atoms with Crippen LogP contribution in [0.25, 0.3) is 0 Å². The van der Waals surface area contributed by atoms with E-state index in [1.807, 2.05) is 6.08 Å². The number of aliphatic hydroxyl groups is 2. The lowest BCUT2D eigenvalue weighted by molar-refractivity contribution is 0.297. The molecule has 56 valence electrons. The topological polar surface area (TPSA) is 40.5 Å². The largest absolute Gasteiger partial charge is 0.394 e. The molecule has 0 aliphatic carbocycles. The van der Waals surface area contributed by atoms with Crippen molar-refractivity contribution in [1.29, 1.82) is 0 Å². The first kappa shape index (κ1) is 7.03. The van der Waals surface area contributed by atoms with Crippen LogP contribution in [-0.2, 0) is 0 Å². The number of hydrogen-bond donors (Lipinski definition) is 2. The zero-order chi connectivity index (χ0) is 7.19. The summed E-state index contributed by atoms with van der Waals surface area (Å²) in [5, 5.41) is 18.1. The highest BCUT2D eigenvalue weighted by molar-refractivity contribution is 8.27. The summed E-state index contributed by atoms with van der Waals surface area (Å²) < 4.78 is 0.0120. The highest BCUT2D eigenvalue weighted by Crippen LogP contribution is 2.67. The molecule has 0 aromatic carbocycles. The minimum Gasteiger partial charge on any atom is -0.394 e. The Kier molecular flexibility index (Phi) is 1.53. The van der Waals surface area contributed by atoms with Crippen LogP contribution in [0.4, 0.5) is 0 Å². The van der Waals surface area contributed by atoms with Crippen LogP contribution < -0.4 is 0 Å². The molecule has 2 rings (SSSR count). The van der Waals surface area contributed by atoms with Crippen molar-refractivity contribution in [2.24, 2.45) is 0 Å². The van der Waals surface area contributed by atoms with Crippen molar-refractivity contribution >= 4 is 23.5 Å². The monoisotopic (exact) mass is 176 g/mol. The second-order valence-electron chi connectivity index (χ2n) is 2.40. The first-order valence-electron chi connectivity index (χ1n) is 3.10. The van der Waals surface area contributed by atoms with Crippen molar-refractivity contribution in [2.75, 3.05) is 13.2 Å². The SMILES string of the molecule is OCC1=C[C@H]2S[C@@]2(CO)S1. The quantitative estimate of drug-likeness (QED) is 0.598. The van der Waals surface area contributed by atoms with Crippen LogP contribution in [0.15, 0.2) is 11.0 Å². The number of fused-ring (bicyclic) bond motifs is 1. The molecule has 2 atom stereocenters. The van der Waals surface area contributed by atoms with Crippen LogP contribution in [0.3, 0.4) is 0 Å². The van der Waals surface area contributed by atoms with Crippen molar-refractivity contribution in [2.45, 2.75) is 9.33 Å². The maximum atomic E-state index is 8.92. The molecule has 0 bridgehead atoms. The molecule has 2 heterocycles. The standard InChI is InChI=1S/C6H8O2S2/c7-2-4-1-5-6(3-8,9-4)10-5/h1,5,7-8H,2-3H2/t5-,6-/m1/s1. The molecule has 2 N–H and O–H groups in total. The zero-order valence-corrected chi connectivity index (χ0v) is 6.91. The van der Waals surface area contributed by atoms with E-state index in [0.717, 1.165) is 4.91 Å². The first-order valence-corrected chi connectivity index (χ1v) is 4.79. The molecule has 0 aromatic heterocycles. The second kappa shape index (κ2) is 2.17. The molecule has 2 nitrogen and oxygen atoms in total. The highest BCUT2D eigenvalue weighted by Gasteiger charge is 2.58. The van der Waals surface area contributed by atoms with Gasteiger partial charge in [0, 0.05) is 4.91 Å². The number of thioether (sulfide) groups is 2. The lowest BCUT2D eigenvalue weighted by atomic mass is 10.3. The number of aliphatic hydroxyl groups excluding tert-OH is 2. The highest BCUT2D eigenvalue weighted by atomic mass is 32.2. The molecular formula is C6H8O2S2. The Labute approximate surface area is 67.7 Å². The van der Waals surface area contributed by atoms with Gasteiger partial charge in [-0.15, -0.1) is 23.5 Å². The molecule has 0 unspecified atom stereocenters. The predicted octanol–water partition coefficient (Wildman–Crippen LogP) is 0.413. The molecule has 0 aromatic rings. The number of rotatable bonds is 2. The molecule has 0 amide bonds. The maximum absolute atomic E-state index is 8.92. The van der Waals surface area contributed by atoms with Gasteiger partial charge >= 0.3 is 0 Å². The van der Waals surface area contributed by atoms with Crippen LogP contribution in [0.2, 0.25) is 0 Å². The predicted molar refractivity (Wildman–Crippen MR) is 44.0 cm³/mol. The Hall–Kier alpha value is 0.360. The summed E-state index contributed by atoms with van der Waals surface area (Å²) in [6.07, 6.45) is 2.05. The normalized spacial score (nSPS) is 43.0. The Morgan fingerprint density at radius 2 is 2.40 bits per heavy atom. The van der Waals surface area contributed by atoms with Gasteiger partial charge in [-0.05, 0) is 0 Å². The molecule has 0 radical (unpaired) electrons. The zero-order valence-electron chi connectivity index (χ0n) is 5.28. The van der Waals surface area contributed by atoms with E-state index < -0.39 is 0 Å². The van der Waals surface area contributed by atoms with Gasteiger partial charge in [-0.3, -0.25) is 0 Å². The summed E-state index contributed by atoms with van der Waals surface area (Å²) >= 11 is 3.38. The van der Waals surface area contributed by atoms with Gasteiger partial charge < -0.3 is 10.2 Å². The first-order chi connectivity index (χ1) is 4.80. The average Bonchev–Trinajstić information content (AvgIpc) is 2.55. The van der Waals surface area contributed by atoms with E-state index in [-0.39, 0.29) is 17.3 Å². The van der Waals surface area contributed by atoms with Crippen molar-refractivity contribution in [3.05, 3.63) is 11.0 Å². The van der Waals surface area contributed by atoms with E-state index in [9.17, 15) is 0 Å². The molecule has 10 heavy (non-hydrogen) atoms. The number of hydrogen-bond acceptors (Lipinski definition) is 4. The molecule has 4 heteroatoms. The molecule has 0 spiro atoms. The fourth-order valence-corrected chi connectivity index (χ4v) is 3.92. The lowest BCUT2D eigenvalue weighted by Gasteiger charge is -2.05. The second-order valence-corrected chi connectivity index (χ2v) is 5.59. The summed E-state index contributed by atoms with van der Waals surface area (Å²) in [5.74, 6) is 0. The molecular weight excluding hydrogens is 168 g/mol. The minimum atomic E-state index is 0.0120. The van der Waals surface area contributed by atoms with E-state index >= 15 is 0 Å². The molecule has 2 aliphatic heterocycles. The Morgan fingerprint density at radius 3 is 2.80 bits per heavy atom. The van der Waals surface area contributed by atoms with Crippen LogP contribution in [0.1, 0.15) is 0 Å². The van der Waals surface area contributed by atoms with Crippen LogP contribution in [-0.4, -0.2) is 32.8 Å². The van der Waals surface area contributed by atoms with Crippen LogP contribution in [0, 0.1) is 0 Å². The molecule has 0 saturated carbocycles. The van der Waals surface area contributed by atoms with Gasteiger partial charge in [-0.25, -0.2) is 0 Å². The van der Waals surface area contributed by atoms with E-state index in [2.05, 4.69) is 0 Å². The van der Waals surface area contributed by atoms with E-state index in [4.69, 9.17) is 10.2 Å². The smallest absolute Gasteiger partial charge is 0.104 e. The summed E-state index contributed by atoms with van der Waals surface area (Å²) in [7, 11) is 0. The average molecular weight is 176 g/mol. The van der Waals surface area contributed by atoms with Gasteiger partial charge in [0.15, 0.2) is 0 Å². The van der Waals surface area contributed by atoms with E-state index in [1.165, 1.54) is 0 Å². The van der Waals surface area contributed by atoms with Crippen molar-refractivity contribution in [3.63, 3.8) is 0 Å². The van der Waals surface area contributed by atoms with Crippen molar-refractivity contribution in [3.8, 4) is 0 Å². The fraction of sp³-hybridized carbons (Fsp3) is 0.667. The van der Waals surface area contributed by atoms with Gasteiger partial charge in [0.25, 0.3) is 0 Å². The Bertz CT molecular complexity index is 192. The van der Waals surface area contributed by atoms with Crippen LogP contribution >= 0.6 is 23.5 Å². The van der Waals surface area contributed by atoms with Gasteiger partial charge in [0.1, 0.15) is 4.08 Å². The molecule has 1 saturated heterocycles. The maximum Gasteiger partial charge on any atom is 0.104 e. The minimum absolute atomic E-state index is 0.0120. The van der Waals surface area contributed by atoms with E-state index in [0.29, 0.717) is 5.25 Å². The molecule has 2 aliphatic rings. The van der Waals surface area contributed by atoms with Crippen LogP contribution in [0.5, 0.6) is 0 Å². The van der Waals surface area contributed by atoms with Gasteiger partial charge in [-0.2, -0.15) is 0 Å². The third-order valence-electron chi connectivity index (χ3n) is 1.72.